The highest BCUT2D eigenvalue weighted by atomic mass is 31.2. The summed E-state index contributed by atoms with van der Waals surface area (Å²) in [5.41, 5.74) is 4.76. The van der Waals surface area contributed by atoms with Crippen LogP contribution in [0.25, 0.3) is 0 Å². The second kappa shape index (κ2) is 12.9. The van der Waals surface area contributed by atoms with Crippen LogP contribution in [0.3, 0.4) is 0 Å². The molecule has 2 aromatic carbocycles. The van der Waals surface area contributed by atoms with Crippen LogP contribution in [0.5, 0.6) is 11.5 Å². The fraction of sp³-hybridized carbons (Fsp3) is 0.610. The third kappa shape index (κ3) is 9.33. The molecule has 46 heavy (non-hydrogen) atoms. The molecule has 1 aliphatic rings. The molecule has 0 aromatic heterocycles. The maximum atomic E-state index is 15.3. The van der Waals surface area contributed by atoms with Crippen molar-refractivity contribution in [3.05, 3.63) is 82.1 Å². The van der Waals surface area contributed by atoms with E-state index in [9.17, 15) is 0 Å². The molecular weight excluding hydrogens is 587 g/mol. The first-order valence-electron chi connectivity index (χ1n) is 17.0. The average Bonchev–Trinajstić information content (AvgIpc) is 2.85. The van der Waals surface area contributed by atoms with Crippen LogP contribution in [0.4, 0.5) is 0 Å². The van der Waals surface area contributed by atoms with Gasteiger partial charge >= 0.3 is 7.82 Å². The van der Waals surface area contributed by atoms with Gasteiger partial charge in [0.2, 0.25) is 0 Å². The zero-order valence-electron chi connectivity index (χ0n) is 32.1. The molecule has 0 spiro atoms. The average molecular weight is 651 g/mol. The van der Waals surface area contributed by atoms with Crippen LogP contribution < -0.4 is 9.05 Å². The molecule has 2 aromatic rings. The highest BCUT2D eigenvalue weighted by Gasteiger charge is 2.41. The summed E-state index contributed by atoms with van der Waals surface area (Å²) in [4.78, 5) is 0. The Morgan fingerprint density at radius 2 is 1.15 bits per heavy atom. The van der Waals surface area contributed by atoms with E-state index >= 15 is 4.57 Å². The number of rotatable bonds is 7. The Labute approximate surface area is 282 Å². The molecule has 1 aliphatic carbocycles. The van der Waals surface area contributed by atoms with E-state index in [0.717, 1.165) is 23.1 Å². The van der Waals surface area contributed by atoms with Crippen LogP contribution in [0.15, 0.2) is 59.9 Å². The lowest BCUT2D eigenvalue weighted by Gasteiger charge is -2.36. The van der Waals surface area contributed by atoms with E-state index in [1.807, 2.05) is 12.1 Å². The fourth-order valence-corrected chi connectivity index (χ4v) is 6.97. The predicted molar refractivity (Wildman–Crippen MR) is 196 cm³/mol. The lowest BCUT2D eigenvalue weighted by Crippen LogP contribution is -2.25. The topological polar surface area (TPSA) is 44.8 Å². The monoisotopic (exact) mass is 650 g/mol. The molecule has 0 radical (unpaired) electrons. The Hall–Kier alpha value is -2.45. The van der Waals surface area contributed by atoms with Crippen molar-refractivity contribution in [2.75, 3.05) is 0 Å². The molecule has 2 atom stereocenters. The van der Waals surface area contributed by atoms with Crippen LogP contribution >= 0.6 is 7.82 Å². The van der Waals surface area contributed by atoms with E-state index < -0.39 is 7.82 Å². The van der Waals surface area contributed by atoms with Gasteiger partial charge in [-0.25, -0.2) is 0 Å². The first kappa shape index (κ1) is 38.0. The molecule has 0 bridgehead atoms. The Morgan fingerprint density at radius 1 is 0.652 bits per heavy atom. The van der Waals surface area contributed by atoms with Crippen LogP contribution in [-0.2, 0) is 25.3 Å². The minimum Gasteiger partial charge on any atom is -0.386 e. The molecular formula is C41H63O4P. The van der Waals surface area contributed by atoms with Gasteiger partial charge < -0.3 is 13.6 Å². The smallest absolute Gasteiger partial charge is 0.386 e. The third-order valence-electron chi connectivity index (χ3n) is 8.89. The maximum absolute atomic E-state index is 15.3. The number of hydrogen-bond donors (Lipinski definition) is 0. The van der Waals surface area contributed by atoms with Crippen molar-refractivity contribution in [1.29, 1.82) is 0 Å². The van der Waals surface area contributed by atoms with Crippen molar-refractivity contribution in [3.63, 3.8) is 0 Å². The molecule has 0 heterocycles. The van der Waals surface area contributed by atoms with Gasteiger partial charge in [0.1, 0.15) is 17.3 Å². The number of phosphoric ester groups is 1. The highest BCUT2D eigenvalue weighted by Crippen LogP contribution is 2.57. The number of hydrogen-bond acceptors (Lipinski definition) is 4. The van der Waals surface area contributed by atoms with Crippen LogP contribution in [0, 0.1) is 16.7 Å². The third-order valence-corrected chi connectivity index (χ3v) is 10.2. The Kier molecular flexibility index (Phi) is 10.6. The molecule has 0 fully saturated rings. The number of allylic oxidation sites excluding steroid dienone is 3. The van der Waals surface area contributed by atoms with Gasteiger partial charge in [0, 0.05) is 5.56 Å². The van der Waals surface area contributed by atoms with Crippen LogP contribution in [-0.4, -0.2) is 0 Å². The molecule has 0 aliphatic heterocycles. The largest absolute Gasteiger partial charge is 0.647 e. The van der Waals surface area contributed by atoms with Crippen molar-refractivity contribution in [1.82, 2.24) is 0 Å². The van der Waals surface area contributed by atoms with Gasteiger partial charge in [-0.05, 0) is 85.8 Å². The Morgan fingerprint density at radius 3 is 1.61 bits per heavy atom. The lowest BCUT2D eigenvalue weighted by atomic mass is 9.72. The van der Waals surface area contributed by atoms with Crippen LogP contribution in [0.2, 0.25) is 0 Å². The Balaban J connectivity index is 2.23. The lowest BCUT2D eigenvalue weighted by molar-refractivity contribution is 0.239. The molecule has 0 saturated carbocycles. The summed E-state index contributed by atoms with van der Waals surface area (Å²) in [6, 6.07) is 12.3. The molecule has 5 heteroatoms. The van der Waals surface area contributed by atoms with E-state index in [-0.39, 0.29) is 33.0 Å². The van der Waals surface area contributed by atoms with E-state index in [2.05, 4.69) is 154 Å². The summed E-state index contributed by atoms with van der Waals surface area (Å²) in [5, 5.41) is 0. The molecule has 4 nitrogen and oxygen atoms in total. The minimum absolute atomic E-state index is 0.0435. The molecule has 0 N–H and O–H groups in total. The van der Waals surface area contributed by atoms with Gasteiger partial charge in [-0.1, -0.05) is 148 Å². The van der Waals surface area contributed by atoms with Crippen molar-refractivity contribution >= 4 is 7.82 Å². The summed E-state index contributed by atoms with van der Waals surface area (Å²) in [6.07, 6.45) is 5.16. The summed E-state index contributed by atoms with van der Waals surface area (Å²) >= 11 is 0. The van der Waals surface area contributed by atoms with Crippen molar-refractivity contribution in [3.8, 4) is 11.5 Å². The zero-order chi connectivity index (χ0) is 35.3. The van der Waals surface area contributed by atoms with Gasteiger partial charge in [-0.3, -0.25) is 0 Å². The first-order chi connectivity index (χ1) is 20.6. The second-order valence-electron chi connectivity index (χ2n) is 18.7. The Bertz CT molecular complexity index is 1510. The quantitative estimate of drug-likeness (QED) is 0.280. The molecule has 3 rings (SSSR count). The maximum Gasteiger partial charge on any atom is 0.647 e. The normalized spacial score (nSPS) is 18.1. The number of benzene rings is 2. The molecule has 256 valence electrons. The minimum atomic E-state index is -4.28. The standard InChI is InChI=1S/C41H63O4P/c1-27(2)31-24-28(37(3,4)5)18-21-34(31)43-46(42,44-35-22-19-29(38(6,7)8)25-32(35)40(12,13)14)45-36-23-20-30(39(9,10)11)26-33(36)41(15,16)17/h18-19,21-27,30H,20H2,1-17H3. The van der Waals surface area contributed by atoms with Gasteiger partial charge in [0.05, 0.1) is 0 Å². The zero-order valence-corrected chi connectivity index (χ0v) is 33.0. The van der Waals surface area contributed by atoms with Crippen molar-refractivity contribution in [2.45, 2.75) is 146 Å². The van der Waals surface area contributed by atoms with E-state index in [1.165, 1.54) is 11.1 Å². The highest BCUT2D eigenvalue weighted by molar-refractivity contribution is 7.49. The SMILES string of the molecule is CC(C)c1cc(C(C)(C)C)ccc1OP(=O)(OC1=CCC(C(C)(C)C)C=C1C(C)(C)C)Oc1ccc(C(C)(C)C)cc1C(C)(C)C. The summed E-state index contributed by atoms with van der Waals surface area (Å²) in [7, 11) is -4.28. The predicted octanol–water partition coefficient (Wildman–Crippen LogP) is 13.2. The van der Waals surface area contributed by atoms with E-state index in [0.29, 0.717) is 23.2 Å². The molecule has 0 saturated heterocycles. The van der Waals surface area contributed by atoms with Gasteiger partial charge in [0.15, 0.2) is 0 Å². The van der Waals surface area contributed by atoms with Crippen molar-refractivity contribution < 1.29 is 18.1 Å². The second-order valence-corrected chi connectivity index (χ2v) is 20.1. The van der Waals surface area contributed by atoms with Crippen molar-refractivity contribution in [2.24, 2.45) is 16.7 Å². The number of phosphoric acid groups is 1. The van der Waals surface area contributed by atoms with E-state index in [1.54, 1.807) is 0 Å². The molecule has 0 amide bonds. The van der Waals surface area contributed by atoms with Gasteiger partial charge in [-0.15, -0.1) is 0 Å². The fourth-order valence-electron chi connectivity index (χ4n) is 5.63. The van der Waals surface area contributed by atoms with Gasteiger partial charge in [0.25, 0.3) is 0 Å². The van der Waals surface area contributed by atoms with Gasteiger partial charge in [-0.2, -0.15) is 4.57 Å². The van der Waals surface area contributed by atoms with E-state index in [4.69, 9.17) is 13.6 Å². The summed E-state index contributed by atoms with van der Waals surface area (Å²) in [6.45, 7) is 37.1. The van der Waals surface area contributed by atoms with Crippen LogP contribution in [0.1, 0.15) is 152 Å². The summed E-state index contributed by atoms with van der Waals surface area (Å²) < 4.78 is 34.9. The summed E-state index contributed by atoms with van der Waals surface area (Å²) in [5.74, 6) is 2.04. The first-order valence-corrected chi connectivity index (χ1v) is 18.5. The molecule has 2 unspecified atom stereocenters.